The van der Waals surface area contributed by atoms with Gasteiger partial charge in [-0.2, -0.15) is 0 Å². The molecule has 0 unspecified atom stereocenters. The van der Waals surface area contributed by atoms with E-state index in [4.69, 9.17) is 4.74 Å². The lowest BCUT2D eigenvalue weighted by Crippen LogP contribution is -2.26. The Balaban J connectivity index is 1.74. The number of hydrogen-bond donors (Lipinski definition) is 1. The van der Waals surface area contributed by atoms with Crippen LogP contribution in [-0.4, -0.2) is 19.7 Å². The summed E-state index contributed by atoms with van der Waals surface area (Å²) in [5, 5.41) is 3.54. The number of aryl methyl sites for hydroxylation is 1. The van der Waals surface area contributed by atoms with Crippen LogP contribution in [0.4, 0.5) is 0 Å². The number of nitrogens with one attached hydrogen (secondary N) is 1. The second-order valence-corrected chi connectivity index (χ2v) is 6.40. The molecule has 1 aromatic rings. The van der Waals surface area contributed by atoms with E-state index in [1.54, 1.807) is 0 Å². The molecule has 0 radical (unpaired) electrons. The zero-order valence-corrected chi connectivity index (χ0v) is 13.2. The van der Waals surface area contributed by atoms with Crippen LogP contribution in [0.15, 0.2) is 18.2 Å². The van der Waals surface area contributed by atoms with Crippen LogP contribution in [0.5, 0.6) is 5.75 Å². The molecule has 0 aliphatic heterocycles. The van der Waals surface area contributed by atoms with E-state index in [-0.39, 0.29) is 0 Å². The lowest BCUT2D eigenvalue weighted by atomic mass is 10.0. The van der Waals surface area contributed by atoms with Gasteiger partial charge >= 0.3 is 0 Å². The fourth-order valence-corrected chi connectivity index (χ4v) is 3.00. The third-order valence-corrected chi connectivity index (χ3v) is 4.24. The van der Waals surface area contributed by atoms with Crippen molar-refractivity contribution in [3.05, 3.63) is 29.3 Å². The van der Waals surface area contributed by atoms with E-state index in [1.165, 1.54) is 36.8 Å². The minimum absolute atomic E-state index is 0.511. The summed E-state index contributed by atoms with van der Waals surface area (Å²) in [6, 6.07) is 6.52. The van der Waals surface area contributed by atoms with Crippen LogP contribution >= 0.6 is 0 Å². The van der Waals surface area contributed by atoms with E-state index in [0.717, 1.165) is 31.4 Å². The predicted octanol–water partition coefficient (Wildman–Crippen LogP) is 4.28. The molecule has 2 rings (SSSR count). The van der Waals surface area contributed by atoms with Gasteiger partial charge < -0.3 is 10.1 Å². The zero-order chi connectivity index (χ0) is 14.4. The maximum absolute atomic E-state index is 5.98. The topological polar surface area (TPSA) is 21.3 Å². The van der Waals surface area contributed by atoms with Gasteiger partial charge in [-0.05, 0) is 55.3 Å². The molecule has 0 atom stereocenters. The van der Waals surface area contributed by atoms with Gasteiger partial charge in [-0.25, -0.2) is 0 Å². The Hall–Kier alpha value is -1.02. The molecule has 0 amide bonds. The Morgan fingerprint density at radius 2 is 2.00 bits per heavy atom. The van der Waals surface area contributed by atoms with Crippen LogP contribution in [0.25, 0.3) is 0 Å². The first kappa shape index (κ1) is 15.4. The Bertz CT molecular complexity index is 408. The third-order valence-electron chi connectivity index (χ3n) is 4.24. The van der Waals surface area contributed by atoms with Gasteiger partial charge in [-0.1, -0.05) is 38.8 Å². The molecule has 0 heterocycles. The predicted molar refractivity (Wildman–Crippen MR) is 85.6 cm³/mol. The van der Waals surface area contributed by atoms with Crippen LogP contribution < -0.4 is 10.1 Å². The average Bonchev–Trinajstić information content (AvgIpc) is 2.91. The maximum Gasteiger partial charge on any atom is 0.123 e. The van der Waals surface area contributed by atoms with Crippen molar-refractivity contribution in [2.75, 3.05) is 19.7 Å². The number of benzene rings is 1. The SMILES string of the molecule is Cc1ccc(C(C)C)c(OCCNCC2CCCC2)c1. The standard InChI is InChI=1S/C18H29NO/c1-14(2)17-9-8-15(3)12-18(17)20-11-10-19-13-16-6-4-5-7-16/h8-9,12,14,16,19H,4-7,10-11,13H2,1-3H3. The maximum atomic E-state index is 5.98. The monoisotopic (exact) mass is 275 g/mol. The highest BCUT2D eigenvalue weighted by Gasteiger charge is 2.14. The fraction of sp³-hybridized carbons (Fsp3) is 0.667. The second kappa shape index (κ2) is 7.68. The first-order valence-corrected chi connectivity index (χ1v) is 8.11. The Labute approximate surface area is 123 Å². The molecule has 2 heteroatoms. The molecule has 1 saturated carbocycles. The molecule has 1 aromatic carbocycles. The highest BCUT2D eigenvalue weighted by molar-refractivity contribution is 5.39. The zero-order valence-electron chi connectivity index (χ0n) is 13.2. The summed E-state index contributed by atoms with van der Waals surface area (Å²) in [7, 11) is 0. The van der Waals surface area contributed by atoms with Crippen molar-refractivity contribution in [3.8, 4) is 5.75 Å². The molecule has 0 bridgehead atoms. The quantitative estimate of drug-likeness (QED) is 0.750. The van der Waals surface area contributed by atoms with Crippen LogP contribution in [0.2, 0.25) is 0 Å². The fourth-order valence-electron chi connectivity index (χ4n) is 3.00. The molecule has 2 nitrogen and oxygen atoms in total. The molecule has 112 valence electrons. The van der Waals surface area contributed by atoms with Crippen molar-refractivity contribution in [1.82, 2.24) is 5.32 Å². The summed E-state index contributed by atoms with van der Waals surface area (Å²) in [6.45, 7) is 9.42. The molecule has 0 saturated heterocycles. The van der Waals surface area contributed by atoms with E-state index in [1.807, 2.05) is 0 Å². The van der Waals surface area contributed by atoms with Crippen molar-refractivity contribution < 1.29 is 4.74 Å². The molecule has 0 spiro atoms. The highest BCUT2D eigenvalue weighted by atomic mass is 16.5. The third kappa shape index (κ3) is 4.52. The number of rotatable bonds is 7. The highest BCUT2D eigenvalue weighted by Crippen LogP contribution is 2.27. The van der Waals surface area contributed by atoms with Gasteiger partial charge in [0.1, 0.15) is 12.4 Å². The number of hydrogen-bond acceptors (Lipinski definition) is 2. The lowest BCUT2D eigenvalue weighted by Gasteiger charge is -2.16. The largest absolute Gasteiger partial charge is 0.492 e. The second-order valence-electron chi connectivity index (χ2n) is 6.40. The van der Waals surface area contributed by atoms with Crippen molar-refractivity contribution in [1.29, 1.82) is 0 Å². The van der Waals surface area contributed by atoms with Crippen LogP contribution in [-0.2, 0) is 0 Å². The van der Waals surface area contributed by atoms with Gasteiger partial charge in [0, 0.05) is 6.54 Å². The minimum atomic E-state index is 0.511. The normalized spacial score (nSPS) is 16.0. The van der Waals surface area contributed by atoms with Gasteiger partial charge in [0.2, 0.25) is 0 Å². The van der Waals surface area contributed by atoms with E-state index in [2.05, 4.69) is 44.3 Å². The van der Waals surface area contributed by atoms with Gasteiger partial charge in [0.05, 0.1) is 0 Å². The van der Waals surface area contributed by atoms with Crippen molar-refractivity contribution >= 4 is 0 Å². The lowest BCUT2D eigenvalue weighted by molar-refractivity contribution is 0.305. The molecular formula is C18H29NO. The van der Waals surface area contributed by atoms with Crippen molar-refractivity contribution in [2.45, 2.75) is 52.4 Å². The van der Waals surface area contributed by atoms with E-state index < -0.39 is 0 Å². The van der Waals surface area contributed by atoms with Crippen LogP contribution in [0, 0.1) is 12.8 Å². The van der Waals surface area contributed by atoms with E-state index in [0.29, 0.717) is 5.92 Å². The summed E-state index contributed by atoms with van der Waals surface area (Å²) in [4.78, 5) is 0. The van der Waals surface area contributed by atoms with Crippen molar-refractivity contribution in [3.63, 3.8) is 0 Å². The average molecular weight is 275 g/mol. The molecular weight excluding hydrogens is 246 g/mol. The van der Waals surface area contributed by atoms with E-state index in [9.17, 15) is 0 Å². The first-order valence-electron chi connectivity index (χ1n) is 8.11. The van der Waals surface area contributed by atoms with Gasteiger partial charge in [-0.15, -0.1) is 0 Å². The Kier molecular flexibility index (Phi) is 5.90. The van der Waals surface area contributed by atoms with Crippen molar-refractivity contribution in [2.24, 2.45) is 5.92 Å². The van der Waals surface area contributed by atoms with Gasteiger partial charge in [0.15, 0.2) is 0 Å². The first-order chi connectivity index (χ1) is 9.66. The summed E-state index contributed by atoms with van der Waals surface area (Å²) in [6.07, 6.45) is 5.65. The molecule has 1 aliphatic carbocycles. The minimum Gasteiger partial charge on any atom is -0.492 e. The Morgan fingerprint density at radius 1 is 1.25 bits per heavy atom. The van der Waals surface area contributed by atoms with E-state index >= 15 is 0 Å². The smallest absolute Gasteiger partial charge is 0.123 e. The van der Waals surface area contributed by atoms with Crippen LogP contribution in [0.1, 0.15) is 56.6 Å². The molecule has 1 fully saturated rings. The molecule has 1 aliphatic rings. The number of ether oxygens (including phenoxy) is 1. The molecule has 0 aromatic heterocycles. The summed E-state index contributed by atoms with van der Waals surface area (Å²) in [5.41, 5.74) is 2.58. The summed E-state index contributed by atoms with van der Waals surface area (Å²) in [5.74, 6) is 2.47. The Morgan fingerprint density at radius 3 is 2.70 bits per heavy atom. The van der Waals surface area contributed by atoms with Gasteiger partial charge in [-0.3, -0.25) is 0 Å². The summed E-state index contributed by atoms with van der Waals surface area (Å²) < 4.78 is 5.98. The summed E-state index contributed by atoms with van der Waals surface area (Å²) >= 11 is 0. The van der Waals surface area contributed by atoms with Gasteiger partial charge in [0.25, 0.3) is 0 Å². The molecule has 1 N–H and O–H groups in total. The van der Waals surface area contributed by atoms with Crippen LogP contribution in [0.3, 0.4) is 0 Å². The molecule has 20 heavy (non-hydrogen) atoms.